The third kappa shape index (κ3) is 7.19. The number of quaternary nitrogens is 1. The molecular formula is C16H21NO2S. The summed E-state index contributed by atoms with van der Waals surface area (Å²) in [6, 6.07) is 18.8. The summed E-state index contributed by atoms with van der Waals surface area (Å²) in [6.07, 6.45) is 0. The van der Waals surface area contributed by atoms with E-state index in [1.807, 2.05) is 0 Å². The first-order chi connectivity index (χ1) is 9.38. The van der Waals surface area contributed by atoms with Crippen molar-refractivity contribution in [2.24, 2.45) is 0 Å². The average Bonchev–Trinajstić information content (AvgIpc) is 2.40. The maximum atomic E-state index is 10.2. The van der Waals surface area contributed by atoms with Crippen LogP contribution in [0, 0.1) is 0 Å². The second kappa shape index (κ2) is 7.94. The van der Waals surface area contributed by atoms with Crippen molar-refractivity contribution in [3.63, 3.8) is 0 Å². The monoisotopic (exact) mass is 291 g/mol. The highest BCUT2D eigenvalue weighted by atomic mass is 32.2. The molecule has 0 saturated heterocycles. The maximum Gasteiger partial charge on any atom is 0.104 e. The fourth-order valence-corrected chi connectivity index (χ4v) is 2.04. The lowest BCUT2D eigenvalue weighted by atomic mass is 10.2. The fourth-order valence-electron chi connectivity index (χ4n) is 1.66. The molecule has 0 amide bonds. The van der Waals surface area contributed by atoms with Crippen LogP contribution in [-0.2, 0) is 17.6 Å². The summed E-state index contributed by atoms with van der Waals surface area (Å²) in [5.74, 6) is 0. The molecule has 0 bridgehead atoms. The van der Waals surface area contributed by atoms with Gasteiger partial charge in [-0.3, -0.25) is 4.21 Å². The molecule has 4 heteroatoms. The van der Waals surface area contributed by atoms with E-state index in [1.165, 1.54) is 5.56 Å². The van der Waals surface area contributed by atoms with E-state index >= 15 is 0 Å². The Hall–Kier alpha value is -1.49. The summed E-state index contributed by atoms with van der Waals surface area (Å²) < 4.78 is 21.4. The topological polar surface area (TPSA) is 40.1 Å². The molecule has 0 saturated carbocycles. The highest BCUT2D eigenvalue weighted by Crippen LogP contribution is 2.05. The molecule has 20 heavy (non-hydrogen) atoms. The Labute approximate surface area is 123 Å². The number of hydrogen-bond acceptors (Lipinski definition) is 2. The van der Waals surface area contributed by atoms with E-state index in [0.29, 0.717) is 4.90 Å². The first-order valence-corrected chi connectivity index (χ1v) is 7.45. The van der Waals surface area contributed by atoms with Crippen molar-refractivity contribution in [1.82, 2.24) is 0 Å². The molecule has 108 valence electrons. The molecule has 1 atom stereocenters. The lowest BCUT2D eigenvalue weighted by molar-refractivity contribution is -0.884. The van der Waals surface area contributed by atoms with E-state index in [0.717, 1.165) is 11.0 Å². The SMILES string of the molecule is C[N+](C)(C)Cc1ccccc1.O=S([O-])c1ccccc1. The van der Waals surface area contributed by atoms with Gasteiger partial charge in [-0.15, -0.1) is 0 Å². The van der Waals surface area contributed by atoms with Crippen LogP contribution in [0.1, 0.15) is 5.56 Å². The van der Waals surface area contributed by atoms with Gasteiger partial charge in [-0.2, -0.15) is 0 Å². The van der Waals surface area contributed by atoms with Crippen LogP contribution in [0.15, 0.2) is 65.6 Å². The summed E-state index contributed by atoms with van der Waals surface area (Å²) in [7, 11) is 6.60. The van der Waals surface area contributed by atoms with Crippen LogP contribution in [0.5, 0.6) is 0 Å². The molecule has 0 aliphatic heterocycles. The van der Waals surface area contributed by atoms with Crippen molar-refractivity contribution in [3.05, 3.63) is 66.2 Å². The van der Waals surface area contributed by atoms with Gasteiger partial charge in [0, 0.05) is 10.5 Å². The maximum absolute atomic E-state index is 10.2. The molecule has 0 radical (unpaired) electrons. The predicted molar refractivity (Wildman–Crippen MR) is 81.8 cm³/mol. The minimum atomic E-state index is -2.08. The quantitative estimate of drug-likeness (QED) is 0.644. The number of rotatable bonds is 3. The van der Waals surface area contributed by atoms with Crippen LogP contribution in [0.4, 0.5) is 0 Å². The molecule has 1 unspecified atom stereocenters. The van der Waals surface area contributed by atoms with E-state index in [4.69, 9.17) is 0 Å². The zero-order valence-corrected chi connectivity index (χ0v) is 13.0. The fraction of sp³-hybridized carbons (Fsp3) is 0.250. The molecule has 2 aromatic rings. The van der Waals surface area contributed by atoms with Crippen LogP contribution in [-0.4, -0.2) is 34.4 Å². The lowest BCUT2D eigenvalue weighted by Crippen LogP contribution is -2.33. The van der Waals surface area contributed by atoms with E-state index in [9.17, 15) is 8.76 Å². The van der Waals surface area contributed by atoms with Gasteiger partial charge in [0.15, 0.2) is 0 Å². The second-order valence-electron chi connectivity index (χ2n) is 5.48. The molecule has 3 nitrogen and oxygen atoms in total. The Kier molecular flexibility index (Phi) is 6.58. The van der Waals surface area contributed by atoms with Crippen molar-refractivity contribution in [2.45, 2.75) is 11.4 Å². The van der Waals surface area contributed by atoms with Gasteiger partial charge in [0.05, 0.1) is 21.1 Å². The molecule has 0 aliphatic rings. The Balaban J connectivity index is 0.000000204. The summed E-state index contributed by atoms with van der Waals surface area (Å²) in [6.45, 7) is 1.10. The van der Waals surface area contributed by atoms with E-state index < -0.39 is 11.1 Å². The molecule has 0 fully saturated rings. The Bertz CT molecular complexity index is 521. The first-order valence-electron chi connectivity index (χ1n) is 6.37. The number of hydrogen-bond donors (Lipinski definition) is 0. The van der Waals surface area contributed by atoms with Crippen molar-refractivity contribution in [3.8, 4) is 0 Å². The van der Waals surface area contributed by atoms with Crippen molar-refractivity contribution in [2.75, 3.05) is 21.1 Å². The highest BCUT2D eigenvalue weighted by molar-refractivity contribution is 7.79. The second-order valence-corrected chi connectivity index (χ2v) is 6.42. The molecule has 0 heterocycles. The normalized spacial score (nSPS) is 12.2. The van der Waals surface area contributed by atoms with E-state index in [2.05, 4.69) is 51.5 Å². The van der Waals surface area contributed by atoms with Crippen LogP contribution in [0.25, 0.3) is 0 Å². The van der Waals surface area contributed by atoms with Gasteiger partial charge in [0.25, 0.3) is 0 Å². The van der Waals surface area contributed by atoms with Gasteiger partial charge < -0.3 is 9.04 Å². The van der Waals surface area contributed by atoms with Gasteiger partial charge in [0.1, 0.15) is 6.54 Å². The van der Waals surface area contributed by atoms with Crippen LogP contribution in [0.3, 0.4) is 0 Å². The molecule has 0 aromatic heterocycles. The highest BCUT2D eigenvalue weighted by Gasteiger charge is 2.06. The largest absolute Gasteiger partial charge is 0.768 e. The Morgan fingerprint density at radius 3 is 1.70 bits per heavy atom. The average molecular weight is 291 g/mol. The third-order valence-corrected chi connectivity index (χ3v) is 3.09. The first kappa shape index (κ1) is 16.6. The number of nitrogens with zero attached hydrogens (tertiary/aromatic N) is 1. The van der Waals surface area contributed by atoms with Gasteiger partial charge in [-0.25, -0.2) is 0 Å². The summed E-state index contributed by atoms with van der Waals surface area (Å²) in [5.41, 5.74) is 1.40. The zero-order chi connectivity index (χ0) is 15.0. The van der Waals surface area contributed by atoms with Gasteiger partial charge in [-0.05, 0) is 23.2 Å². The number of benzene rings is 2. The van der Waals surface area contributed by atoms with Crippen molar-refractivity contribution in [1.29, 1.82) is 0 Å². The Morgan fingerprint density at radius 1 is 0.900 bits per heavy atom. The molecular weight excluding hydrogens is 270 g/mol. The summed E-state index contributed by atoms with van der Waals surface area (Å²) in [5, 5.41) is 0. The Morgan fingerprint density at radius 2 is 1.35 bits per heavy atom. The zero-order valence-electron chi connectivity index (χ0n) is 12.2. The standard InChI is InChI=1S/C10H16N.C6H6O2S/c1-11(2,3)9-10-7-5-4-6-8-10;7-9(8)6-4-2-1-3-5-6/h4-8H,9H2,1-3H3;1-5H,(H,7,8)/q+1;/p-1. The summed E-state index contributed by atoms with van der Waals surface area (Å²) in [4.78, 5) is 0.331. The van der Waals surface area contributed by atoms with Crippen LogP contribution in [0.2, 0.25) is 0 Å². The third-order valence-electron chi connectivity index (χ3n) is 2.44. The van der Waals surface area contributed by atoms with Crippen molar-refractivity contribution < 1.29 is 13.2 Å². The summed E-state index contributed by atoms with van der Waals surface area (Å²) >= 11 is -2.08. The van der Waals surface area contributed by atoms with Gasteiger partial charge >= 0.3 is 0 Å². The van der Waals surface area contributed by atoms with Crippen molar-refractivity contribution >= 4 is 11.1 Å². The minimum Gasteiger partial charge on any atom is -0.768 e. The van der Waals surface area contributed by atoms with E-state index in [-0.39, 0.29) is 0 Å². The lowest BCUT2D eigenvalue weighted by Gasteiger charge is -2.23. The van der Waals surface area contributed by atoms with Crippen LogP contribution >= 0.6 is 0 Å². The van der Waals surface area contributed by atoms with E-state index in [1.54, 1.807) is 30.3 Å². The molecule has 2 rings (SSSR count). The van der Waals surface area contributed by atoms with Gasteiger partial charge in [0.2, 0.25) is 0 Å². The minimum absolute atomic E-state index is 0.331. The van der Waals surface area contributed by atoms with Crippen LogP contribution < -0.4 is 0 Å². The molecule has 0 aliphatic carbocycles. The smallest absolute Gasteiger partial charge is 0.104 e. The molecule has 2 aromatic carbocycles. The molecule has 0 spiro atoms. The molecule has 0 N–H and O–H groups in total. The predicted octanol–water partition coefficient (Wildman–Crippen LogP) is 2.82. The van der Waals surface area contributed by atoms with Gasteiger partial charge in [-0.1, -0.05) is 48.5 Å².